The van der Waals surface area contributed by atoms with Crippen LogP contribution in [0.5, 0.6) is 5.75 Å². The molecule has 1 amide bonds. The van der Waals surface area contributed by atoms with E-state index >= 15 is 0 Å². The molecule has 1 aromatic rings. The molecule has 5 heteroatoms. The standard InChI is InChI=1S/C15H21ClN2O2/c1-20-14-9-11(16)6-7-13(14)15(19)18-10-12-5-3-2-4-8-17-12/h6-7,9,12,17H,2-5,8,10H2,1H3,(H,18,19)/t12-/m1/s1. The second-order valence-electron chi connectivity index (χ2n) is 5.06. The summed E-state index contributed by atoms with van der Waals surface area (Å²) in [5.74, 6) is 0.383. The zero-order valence-corrected chi connectivity index (χ0v) is 12.5. The number of hydrogen-bond donors (Lipinski definition) is 2. The SMILES string of the molecule is COc1cc(Cl)ccc1C(=O)NC[C@H]1CCCCCN1. The van der Waals surface area contributed by atoms with Crippen molar-refractivity contribution < 1.29 is 9.53 Å². The summed E-state index contributed by atoms with van der Waals surface area (Å²) < 4.78 is 5.20. The molecule has 0 spiro atoms. The number of nitrogens with one attached hydrogen (secondary N) is 2. The lowest BCUT2D eigenvalue weighted by molar-refractivity contribution is 0.0946. The fourth-order valence-corrected chi connectivity index (χ4v) is 2.60. The van der Waals surface area contributed by atoms with Crippen LogP contribution in [-0.2, 0) is 0 Å². The summed E-state index contributed by atoms with van der Waals surface area (Å²) in [6.07, 6.45) is 4.81. The molecule has 2 rings (SSSR count). The lowest BCUT2D eigenvalue weighted by Crippen LogP contribution is -2.40. The molecule has 0 saturated carbocycles. The maximum atomic E-state index is 12.2. The van der Waals surface area contributed by atoms with Gasteiger partial charge < -0.3 is 15.4 Å². The van der Waals surface area contributed by atoms with Crippen molar-refractivity contribution in [1.82, 2.24) is 10.6 Å². The minimum Gasteiger partial charge on any atom is -0.496 e. The summed E-state index contributed by atoms with van der Waals surface area (Å²) in [7, 11) is 1.54. The highest BCUT2D eigenvalue weighted by Gasteiger charge is 2.16. The Morgan fingerprint density at radius 1 is 1.45 bits per heavy atom. The first-order valence-electron chi connectivity index (χ1n) is 7.06. The topological polar surface area (TPSA) is 50.4 Å². The molecule has 20 heavy (non-hydrogen) atoms. The Balaban J connectivity index is 1.94. The van der Waals surface area contributed by atoms with E-state index in [0.29, 0.717) is 28.9 Å². The van der Waals surface area contributed by atoms with Gasteiger partial charge in [0, 0.05) is 17.6 Å². The second-order valence-corrected chi connectivity index (χ2v) is 5.49. The van der Waals surface area contributed by atoms with E-state index in [9.17, 15) is 4.79 Å². The summed E-state index contributed by atoms with van der Waals surface area (Å²) in [4.78, 5) is 12.2. The highest BCUT2D eigenvalue weighted by atomic mass is 35.5. The Morgan fingerprint density at radius 3 is 3.10 bits per heavy atom. The Bertz CT molecular complexity index is 457. The molecular formula is C15H21ClN2O2. The highest BCUT2D eigenvalue weighted by Crippen LogP contribution is 2.23. The van der Waals surface area contributed by atoms with Gasteiger partial charge in [0.05, 0.1) is 12.7 Å². The van der Waals surface area contributed by atoms with Crippen LogP contribution in [0.3, 0.4) is 0 Å². The molecule has 0 unspecified atom stereocenters. The largest absolute Gasteiger partial charge is 0.496 e. The number of carbonyl (C=O) groups excluding carboxylic acids is 1. The Morgan fingerprint density at radius 2 is 2.30 bits per heavy atom. The third-order valence-electron chi connectivity index (χ3n) is 3.58. The van der Waals surface area contributed by atoms with Crippen LogP contribution >= 0.6 is 11.6 Å². The van der Waals surface area contributed by atoms with E-state index in [0.717, 1.165) is 13.0 Å². The van der Waals surface area contributed by atoms with Gasteiger partial charge in [-0.05, 0) is 37.6 Å². The molecule has 1 atom stereocenters. The minimum absolute atomic E-state index is 0.121. The van der Waals surface area contributed by atoms with Crippen molar-refractivity contribution in [2.24, 2.45) is 0 Å². The molecule has 0 radical (unpaired) electrons. The zero-order valence-electron chi connectivity index (χ0n) is 11.7. The van der Waals surface area contributed by atoms with Gasteiger partial charge in [-0.25, -0.2) is 0 Å². The van der Waals surface area contributed by atoms with E-state index < -0.39 is 0 Å². The van der Waals surface area contributed by atoms with Crippen molar-refractivity contribution in [3.05, 3.63) is 28.8 Å². The van der Waals surface area contributed by atoms with Gasteiger partial charge in [0.1, 0.15) is 5.75 Å². The molecule has 0 aliphatic carbocycles. The zero-order chi connectivity index (χ0) is 14.4. The van der Waals surface area contributed by atoms with Crippen molar-refractivity contribution >= 4 is 17.5 Å². The maximum Gasteiger partial charge on any atom is 0.255 e. The maximum absolute atomic E-state index is 12.2. The van der Waals surface area contributed by atoms with E-state index in [1.165, 1.54) is 26.4 Å². The predicted molar refractivity (Wildman–Crippen MR) is 80.6 cm³/mol. The van der Waals surface area contributed by atoms with Gasteiger partial charge in [0.2, 0.25) is 0 Å². The molecule has 0 bridgehead atoms. The predicted octanol–water partition coefficient (Wildman–Crippen LogP) is 2.61. The summed E-state index contributed by atoms with van der Waals surface area (Å²) in [6.45, 7) is 1.68. The van der Waals surface area contributed by atoms with E-state index in [1.54, 1.807) is 18.2 Å². The van der Waals surface area contributed by atoms with Crippen molar-refractivity contribution in [3.8, 4) is 5.75 Å². The number of rotatable bonds is 4. The quantitative estimate of drug-likeness (QED) is 0.898. The molecule has 1 aliphatic heterocycles. The number of amides is 1. The molecule has 2 N–H and O–H groups in total. The van der Waals surface area contributed by atoms with Crippen LogP contribution in [-0.4, -0.2) is 32.1 Å². The molecule has 1 aliphatic rings. The Hall–Kier alpha value is -1.26. The van der Waals surface area contributed by atoms with Crippen molar-refractivity contribution in [3.63, 3.8) is 0 Å². The third-order valence-corrected chi connectivity index (χ3v) is 3.81. The van der Waals surface area contributed by atoms with Crippen LogP contribution < -0.4 is 15.4 Å². The highest BCUT2D eigenvalue weighted by molar-refractivity contribution is 6.30. The van der Waals surface area contributed by atoms with Gasteiger partial charge >= 0.3 is 0 Å². The van der Waals surface area contributed by atoms with Crippen LogP contribution in [0.1, 0.15) is 36.0 Å². The van der Waals surface area contributed by atoms with E-state index in [2.05, 4.69) is 10.6 Å². The monoisotopic (exact) mass is 296 g/mol. The van der Waals surface area contributed by atoms with E-state index in [4.69, 9.17) is 16.3 Å². The van der Waals surface area contributed by atoms with Crippen molar-refractivity contribution in [1.29, 1.82) is 0 Å². The molecule has 1 fully saturated rings. The fourth-order valence-electron chi connectivity index (χ4n) is 2.44. The first-order chi connectivity index (χ1) is 9.70. The second kappa shape index (κ2) is 7.50. The molecule has 0 aromatic heterocycles. The third kappa shape index (κ3) is 4.12. The summed E-state index contributed by atoms with van der Waals surface area (Å²) in [5, 5.41) is 6.98. The van der Waals surface area contributed by atoms with Crippen LogP contribution in [0.2, 0.25) is 5.02 Å². The number of ether oxygens (including phenoxy) is 1. The average Bonchev–Trinajstić information content (AvgIpc) is 2.73. The molecule has 1 heterocycles. The van der Waals surface area contributed by atoms with Gasteiger partial charge in [-0.2, -0.15) is 0 Å². The smallest absolute Gasteiger partial charge is 0.255 e. The molecule has 1 saturated heterocycles. The number of benzene rings is 1. The Kier molecular flexibility index (Phi) is 5.68. The lowest BCUT2D eigenvalue weighted by atomic mass is 10.1. The molecule has 4 nitrogen and oxygen atoms in total. The van der Waals surface area contributed by atoms with Gasteiger partial charge in [0.15, 0.2) is 0 Å². The van der Waals surface area contributed by atoms with E-state index in [-0.39, 0.29) is 5.91 Å². The molecular weight excluding hydrogens is 276 g/mol. The first kappa shape index (κ1) is 15.1. The summed E-state index contributed by atoms with van der Waals surface area (Å²) in [5.41, 5.74) is 0.519. The van der Waals surface area contributed by atoms with Crippen LogP contribution in [0, 0.1) is 0 Å². The van der Waals surface area contributed by atoms with E-state index in [1.807, 2.05) is 0 Å². The number of hydrogen-bond acceptors (Lipinski definition) is 3. The fraction of sp³-hybridized carbons (Fsp3) is 0.533. The number of methoxy groups -OCH3 is 1. The average molecular weight is 297 g/mol. The van der Waals surface area contributed by atoms with Crippen molar-refractivity contribution in [2.45, 2.75) is 31.7 Å². The molecule has 110 valence electrons. The van der Waals surface area contributed by atoms with Gasteiger partial charge in [0.25, 0.3) is 5.91 Å². The van der Waals surface area contributed by atoms with Crippen LogP contribution in [0.25, 0.3) is 0 Å². The molecule has 1 aromatic carbocycles. The minimum atomic E-state index is -0.121. The van der Waals surface area contributed by atoms with Gasteiger partial charge in [-0.15, -0.1) is 0 Å². The number of halogens is 1. The Labute approximate surface area is 124 Å². The normalized spacial score (nSPS) is 19.2. The number of carbonyl (C=O) groups is 1. The summed E-state index contributed by atoms with van der Waals surface area (Å²) >= 11 is 5.90. The van der Waals surface area contributed by atoms with Crippen LogP contribution in [0.4, 0.5) is 0 Å². The van der Waals surface area contributed by atoms with Crippen LogP contribution in [0.15, 0.2) is 18.2 Å². The van der Waals surface area contributed by atoms with Gasteiger partial charge in [-0.1, -0.05) is 24.4 Å². The van der Waals surface area contributed by atoms with Crippen molar-refractivity contribution in [2.75, 3.05) is 20.2 Å². The van der Waals surface area contributed by atoms with Gasteiger partial charge in [-0.3, -0.25) is 4.79 Å². The lowest BCUT2D eigenvalue weighted by Gasteiger charge is -2.17. The summed E-state index contributed by atoms with van der Waals surface area (Å²) in [6, 6.07) is 5.40. The first-order valence-corrected chi connectivity index (χ1v) is 7.43.